The van der Waals surface area contributed by atoms with Gasteiger partial charge in [0.25, 0.3) is 0 Å². The Morgan fingerprint density at radius 3 is 2.17 bits per heavy atom. The standard InChI is InChI=1S/C8H17NO2S/c1-2-8(5-3-4-6-8)7-12(9,10)11/h2-7H2,1H3,(H2,9,10,11). The molecule has 0 aromatic heterocycles. The number of sulfonamides is 1. The summed E-state index contributed by atoms with van der Waals surface area (Å²) in [6.45, 7) is 2.05. The summed E-state index contributed by atoms with van der Waals surface area (Å²) in [6.07, 6.45) is 5.30. The molecule has 0 atom stereocenters. The molecule has 0 spiro atoms. The Bertz CT molecular complexity index is 240. The molecule has 1 fully saturated rings. The summed E-state index contributed by atoms with van der Waals surface area (Å²) in [4.78, 5) is 0. The summed E-state index contributed by atoms with van der Waals surface area (Å²) in [5, 5.41) is 5.05. The fourth-order valence-corrected chi connectivity index (χ4v) is 3.50. The maximum Gasteiger partial charge on any atom is 0.209 e. The highest BCUT2D eigenvalue weighted by molar-refractivity contribution is 7.89. The molecule has 3 nitrogen and oxygen atoms in total. The Labute approximate surface area is 74.4 Å². The van der Waals surface area contributed by atoms with Gasteiger partial charge in [0.1, 0.15) is 0 Å². The van der Waals surface area contributed by atoms with E-state index in [0.29, 0.717) is 0 Å². The minimum absolute atomic E-state index is 0.00752. The van der Waals surface area contributed by atoms with E-state index in [1.807, 2.05) is 0 Å². The lowest BCUT2D eigenvalue weighted by molar-refractivity contribution is 0.325. The van der Waals surface area contributed by atoms with E-state index in [4.69, 9.17) is 5.14 Å². The Hall–Kier alpha value is -0.0900. The number of hydrogen-bond acceptors (Lipinski definition) is 2. The third-order valence-electron chi connectivity index (χ3n) is 2.92. The SMILES string of the molecule is CCC1(CS(N)(=O)=O)CCCC1. The van der Waals surface area contributed by atoms with E-state index in [2.05, 4.69) is 6.92 Å². The van der Waals surface area contributed by atoms with E-state index in [1.54, 1.807) is 0 Å². The molecule has 2 N–H and O–H groups in total. The molecule has 12 heavy (non-hydrogen) atoms. The minimum atomic E-state index is -3.28. The summed E-state index contributed by atoms with van der Waals surface area (Å²) in [5.41, 5.74) is 0.00752. The first-order valence-corrected chi connectivity index (χ1v) is 6.19. The van der Waals surface area contributed by atoms with Crippen LogP contribution in [0.2, 0.25) is 0 Å². The lowest BCUT2D eigenvalue weighted by atomic mass is 9.86. The second kappa shape index (κ2) is 3.34. The Balaban J connectivity index is 2.68. The van der Waals surface area contributed by atoms with E-state index in [-0.39, 0.29) is 11.2 Å². The zero-order valence-electron chi connectivity index (χ0n) is 7.54. The highest BCUT2D eigenvalue weighted by atomic mass is 32.2. The summed E-state index contributed by atoms with van der Waals surface area (Å²) in [5.74, 6) is 0.177. The molecule has 1 saturated carbocycles. The third-order valence-corrected chi connectivity index (χ3v) is 3.94. The van der Waals surface area contributed by atoms with Crippen molar-refractivity contribution in [3.63, 3.8) is 0 Å². The Morgan fingerprint density at radius 2 is 1.83 bits per heavy atom. The molecular weight excluding hydrogens is 174 g/mol. The first-order chi connectivity index (χ1) is 5.47. The first-order valence-electron chi connectivity index (χ1n) is 4.48. The number of rotatable bonds is 3. The van der Waals surface area contributed by atoms with Crippen molar-refractivity contribution in [1.82, 2.24) is 0 Å². The van der Waals surface area contributed by atoms with Crippen molar-refractivity contribution < 1.29 is 8.42 Å². The van der Waals surface area contributed by atoms with Crippen LogP contribution in [0, 0.1) is 5.41 Å². The maximum absolute atomic E-state index is 10.9. The van der Waals surface area contributed by atoms with Gasteiger partial charge in [0.15, 0.2) is 0 Å². The maximum atomic E-state index is 10.9. The number of hydrogen-bond donors (Lipinski definition) is 1. The van der Waals surface area contributed by atoms with Crippen LogP contribution in [0.25, 0.3) is 0 Å². The zero-order chi connectivity index (χ0) is 9.24. The van der Waals surface area contributed by atoms with Crippen molar-refractivity contribution in [3.05, 3.63) is 0 Å². The summed E-state index contributed by atoms with van der Waals surface area (Å²) >= 11 is 0. The van der Waals surface area contributed by atoms with Crippen LogP contribution in [0.3, 0.4) is 0 Å². The van der Waals surface area contributed by atoms with Gasteiger partial charge < -0.3 is 0 Å². The van der Waals surface area contributed by atoms with E-state index in [0.717, 1.165) is 32.1 Å². The molecule has 1 aliphatic carbocycles. The van der Waals surface area contributed by atoms with Gasteiger partial charge in [-0.05, 0) is 24.7 Å². The molecule has 0 radical (unpaired) electrons. The molecule has 0 amide bonds. The fraction of sp³-hybridized carbons (Fsp3) is 1.00. The predicted octanol–water partition coefficient (Wildman–Crippen LogP) is 1.25. The van der Waals surface area contributed by atoms with Crippen molar-refractivity contribution >= 4 is 10.0 Å². The van der Waals surface area contributed by atoms with Crippen molar-refractivity contribution in [3.8, 4) is 0 Å². The lowest BCUT2D eigenvalue weighted by Gasteiger charge is -2.25. The van der Waals surface area contributed by atoms with Crippen LogP contribution in [0.15, 0.2) is 0 Å². The van der Waals surface area contributed by atoms with Crippen LogP contribution in [-0.2, 0) is 10.0 Å². The van der Waals surface area contributed by atoms with Crippen LogP contribution in [0.5, 0.6) is 0 Å². The third kappa shape index (κ3) is 2.45. The molecule has 0 unspecified atom stereocenters. The van der Waals surface area contributed by atoms with Gasteiger partial charge in [0.2, 0.25) is 10.0 Å². The molecule has 0 heterocycles. The van der Waals surface area contributed by atoms with Crippen LogP contribution < -0.4 is 5.14 Å². The van der Waals surface area contributed by atoms with Gasteiger partial charge in [0.05, 0.1) is 5.75 Å². The van der Waals surface area contributed by atoms with Crippen LogP contribution >= 0.6 is 0 Å². The van der Waals surface area contributed by atoms with Gasteiger partial charge in [-0.2, -0.15) is 0 Å². The van der Waals surface area contributed by atoms with Gasteiger partial charge in [-0.25, -0.2) is 13.6 Å². The molecule has 0 saturated heterocycles. The fourth-order valence-electron chi connectivity index (χ4n) is 2.15. The largest absolute Gasteiger partial charge is 0.229 e. The molecule has 0 aromatic rings. The molecule has 4 heteroatoms. The highest BCUT2D eigenvalue weighted by Crippen LogP contribution is 2.41. The van der Waals surface area contributed by atoms with Crippen molar-refractivity contribution in [2.24, 2.45) is 10.6 Å². The molecule has 1 aliphatic rings. The van der Waals surface area contributed by atoms with E-state index >= 15 is 0 Å². The van der Waals surface area contributed by atoms with Gasteiger partial charge in [-0.1, -0.05) is 19.8 Å². The van der Waals surface area contributed by atoms with Crippen LogP contribution in [0.1, 0.15) is 39.0 Å². The molecule has 0 aromatic carbocycles. The highest BCUT2D eigenvalue weighted by Gasteiger charge is 2.35. The van der Waals surface area contributed by atoms with Gasteiger partial charge >= 0.3 is 0 Å². The molecule has 0 bridgehead atoms. The van der Waals surface area contributed by atoms with Crippen molar-refractivity contribution in [2.75, 3.05) is 5.75 Å². The minimum Gasteiger partial charge on any atom is -0.229 e. The lowest BCUT2D eigenvalue weighted by Crippen LogP contribution is -2.30. The average Bonchev–Trinajstić information content (AvgIpc) is 2.34. The van der Waals surface area contributed by atoms with E-state index in [9.17, 15) is 8.42 Å². The summed E-state index contributed by atoms with van der Waals surface area (Å²) < 4.78 is 21.9. The average molecular weight is 191 g/mol. The Morgan fingerprint density at radius 1 is 1.33 bits per heavy atom. The predicted molar refractivity (Wildman–Crippen MR) is 49.2 cm³/mol. The number of nitrogens with two attached hydrogens (primary N) is 1. The second-order valence-corrected chi connectivity index (χ2v) is 5.48. The monoisotopic (exact) mass is 191 g/mol. The van der Waals surface area contributed by atoms with Crippen molar-refractivity contribution in [1.29, 1.82) is 0 Å². The quantitative estimate of drug-likeness (QED) is 0.729. The van der Waals surface area contributed by atoms with E-state index < -0.39 is 10.0 Å². The molecule has 1 rings (SSSR count). The van der Waals surface area contributed by atoms with E-state index in [1.165, 1.54) is 0 Å². The summed E-state index contributed by atoms with van der Waals surface area (Å²) in [7, 11) is -3.28. The normalized spacial score (nSPS) is 22.8. The van der Waals surface area contributed by atoms with Crippen LogP contribution in [0.4, 0.5) is 0 Å². The molecule has 0 aliphatic heterocycles. The zero-order valence-corrected chi connectivity index (χ0v) is 8.36. The topological polar surface area (TPSA) is 60.2 Å². The van der Waals surface area contributed by atoms with Crippen LogP contribution in [-0.4, -0.2) is 14.2 Å². The number of primary sulfonamides is 1. The van der Waals surface area contributed by atoms with Crippen molar-refractivity contribution in [2.45, 2.75) is 39.0 Å². The van der Waals surface area contributed by atoms with Gasteiger partial charge in [-0.15, -0.1) is 0 Å². The van der Waals surface area contributed by atoms with Gasteiger partial charge in [0, 0.05) is 0 Å². The second-order valence-electron chi connectivity index (χ2n) is 3.87. The smallest absolute Gasteiger partial charge is 0.209 e. The molecular formula is C8H17NO2S. The Kier molecular flexibility index (Phi) is 2.78. The molecule has 72 valence electrons. The first kappa shape index (κ1) is 9.99. The summed E-state index contributed by atoms with van der Waals surface area (Å²) in [6, 6.07) is 0. The van der Waals surface area contributed by atoms with Gasteiger partial charge in [-0.3, -0.25) is 0 Å².